The van der Waals surface area contributed by atoms with Crippen LogP contribution in [0.4, 0.5) is 5.69 Å². The quantitative estimate of drug-likeness (QED) is 0.718. The average molecular weight is 374 g/mol. The van der Waals surface area contributed by atoms with Crippen molar-refractivity contribution < 1.29 is 4.79 Å². The Kier molecular flexibility index (Phi) is 5.96. The molecule has 1 aromatic heterocycles. The Hall–Kier alpha value is -1.89. The molecular weight excluding hydrogens is 346 g/mol. The largest absolute Gasteiger partial charge is 0.309 e. The van der Waals surface area contributed by atoms with Gasteiger partial charge in [0.05, 0.1) is 11.8 Å². The molecule has 6 nitrogen and oxygen atoms in total. The second kappa shape index (κ2) is 8.20. The van der Waals surface area contributed by atoms with Crippen LogP contribution < -0.4 is 4.90 Å². The topological polar surface area (TPSA) is 63.9 Å². The van der Waals surface area contributed by atoms with Crippen molar-refractivity contribution in [2.45, 2.75) is 70.6 Å². The van der Waals surface area contributed by atoms with Gasteiger partial charge in [0, 0.05) is 11.7 Å². The fourth-order valence-electron chi connectivity index (χ4n) is 3.53. The van der Waals surface area contributed by atoms with Gasteiger partial charge in [0.25, 0.3) is 0 Å². The smallest absolute Gasteiger partial charge is 0.237 e. The molecule has 2 aromatic rings. The van der Waals surface area contributed by atoms with Gasteiger partial charge in [-0.1, -0.05) is 36.7 Å². The molecule has 0 radical (unpaired) electrons. The zero-order valence-corrected chi connectivity index (χ0v) is 16.8. The predicted octanol–water partition coefficient (Wildman–Crippen LogP) is 3.94. The van der Waals surface area contributed by atoms with E-state index in [1.807, 2.05) is 30.4 Å². The van der Waals surface area contributed by atoms with Gasteiger partial charge in [0.1, 0.15) is 0 Å². The first-order valence-electron chi connectivity index (χ1n) is 9.27. The molecule has 1 aromatic carbocycles. The monoisotopic (exact) mass is 373 g/mol. The Labute approximate surface area is 159 Å². The summed E-state index contributed by atoms with van der Waals surface area (Å²) in [5.74, 6) is 0.415. The lowest BCUT2D eigenvalue weighted by atomic mass is 10.1. The van der Waals surface area contributed by atoms with E-state index in [-0.39, 0.29) is 11.9 Å². The van der Waals surface area contributed by atoms with Gasteiger partial charge in [-0.3, -0.25) is 4.79 Å². The van der Waals surface area contributed by atoms with Crippen LogP contribution >= 0.6 is 11.8 Å². The maximum Gasteiger partial charge on any atom is 0.237 e. The van der Waals surface area contributed by atoms with Gasteiger partial charge in [-0.05, 0) is 68.2 Å². The van der Waals surface area contributed by atoms with Gasteiger partial charge in [-0.2, -0.15) is 0 Å². The number of carbonyl (C=O) groups is 1. The van der Waals surface area contributed by atoms with Crippen LogP contribution in [-0.4, -0.2) is 37.9 Å². The molecule has 0 aliphatic heterocycles. The first kappa shape index (κ1) is 18.9. The number of aryl methyl sites for hydroxylation is 2. The van der Waals surface area contributed by atoms with Crippen LogP contribution in [0.1, 0.15) is 56.7 Å². The van der Waals surface area contributed by atoms with Gasteiger partial charge >= 0.3 is 0 Å². The van der Waals surface area contributed by atoms with E-state index in [1.165, 1.54) is 24.6 Å². The summed E-state index contributed by atoms with van der Waals surface area (Å²) < 4.78 is 1.91. The van der Waals surface area contributed by atoms with Crippen molar-refractivity contribution in [3.63, 3.8) is 0 Å². The SMILES string of the molecule is Cc1ccc(C)c(N(C(=O)CSc2nnnn2C2CCCC2)C(C)C)c1. The Morgan fingerprint density at radius 1 is 1.31 bits per heavy atom. The molecule has 1 fully saturated rings. The second-order valence-corrected chi connectivity index (χ2v) is 8.22. The number of hydrogen-bond acceptors (Lipinski definition) is 5. The summed E-state index contributed by atoms with van der Waals surface area (Å²) in [7, 11) is 0. The van der Waals surface area contributed by atoms with E-state index in [4.69, 9.17) is 0 Å². The lowest BCUT2D eigenvalue weighted by Crippen LogP contribution is -2.38. The van der Waals surface area contributed by atoms with Crippen molar-refractivity contribution >= 4 is 23.4 Å². The number of carbonyl (C=O) groups excluding carboxylic acids is 1. The fourth-order valence-corrected chi connectivity index (χ4v) is 4.34. The number of anilines is 1. The minimum absolute atomic E-state index is 0.0830. The van der Waals surface area contributed by atoms with Crippen molar-refractivity contribution in [1.82, 2.24) is 20.2 Å². The highest BCUT2D eigenvalue weighted by Crippen LogP contribution is 2.32. The van der Waals surface area contributed by atoms with Gasteiger partial charge in [-0.15, -0.1) is 5.10 Å². The van der Waals surface area contributed by atoms with E-state index < -0.39 is 0 Å². The Morgan fingerprint density at radius 2 is 2.04 bits per heavy atom. The van der Waals surface area contributed by atoms with Gasteiger partial charge in [0.2, 0.25) is 11.1 Å². The molecule has 0 spiro atoms. The fraction of sp³-hybridized carbons (Fsp3) is 0.579. The summed E-state index contributed by atoms with van der Waals surface area (Å²) >= 11 is 1.43. The van der Waals surface area contributed by atoms with Crippen LogP contribution in [-0.2, 0) is 4.79 Å². The molecule has 1 aliphatic carbocycles. The molecule has 26 heavy (non-hydrogen) atoms. The second-order valence-electron chi connectivity index (χ2n) is 7.28. The number of thioether (sulfide) groups is 1. The van der Waals surface area contributed by atoms with Crippen molar-refractivity contribution in [3.05, 3.63) is 29.3 Å². The van der Waals surface area contributed by atoms with Crippen LogP contribution in [0.5, 0.6) is 0 Å². The van der Waals surface area contributed by atoms with Gasteiger partial charge < -0.3 is 4.90 Å². The first-order valence-corrected chi connectivity index (χ1v) is 10.3. The van der Waals surface area contributed by atoms with Gasteiger partial charge in [-0.25, -0.2) is 4.68 Å². The minimum Gasteiger partial charge on any atom is -0.309 e. The summed E-state index contributed by atoms with van der Waals surface area (Å²) in [6.45, 7) is 8.20. The number of amides is 1. The molecule has 1 heterocycles. The molecule has 3 rings (SSSR count). The summed E-state index contributed by atoms with van der Waals surface area (Å²) in [5.41, 5.74) is 3.25. The first-order chi connectivity index (χ1) is 12.5. The van der Waals surface area contributed by atoms with E-state index in [0.29, 0.717) is 11.8 Å². The molecule has 140 valence electrons. The molecule has 0 bridgehead atoms. The lowest BCUT2D eigenvalue weighted by molar-refractivity contribution is -0.116. The highest BCUT2D eigenvalue weighted by atomic mass is 32.2. The van der Waals surface area contributed by atoms with E-state index in [9.17, 15) is 4.79 Å². The normalized spacial score (nSPS) is 15.0. The number of benzene rings is 1. The van der Waals surface area contributed by atoms with Crippen LogP contribution in [0.2, 0.25) is 0 Å². The molecule has 0 atom stereocenters. The third-order valence-corrected chi connectivity index (χ3v) is 5.79. The molecular formula is C19H27N5OS. The third-order valence-electron chi connectivity index (χ3n) is 4.87. The summed E-state index contributed by atoms with van der Waals surface area (Å²) in [6, 6.07) is 6.70. The number of aromatic nitrogens is 4. The molecule has 0 N–H and O–H groups in total. The van der Waals surface area contributed by atoms with Crippen molar-refractivity contribution in [2.24, 2.45) is 0 Å². The number of hydrogen-bond donors (Lipinski definition) is 0. The zero-order valence-electron chi connectivity index (χ0n) is 16.0. The van der Waals surface area contributed by atoms with Crippen molar-refractivity contribution in [3.8, 4) is 0 Å². The Balaban J connectivity index is 1.73. The number of nitrogens with zero attached hydrogens (tertiary/aromatic N) is 5. The predicted molar refractivity (Wildman–Crippen MR) is 105 cm³/mol. The van der Waals surface area contributed by atoms with E-state index in [1.54, 1.807) is 0 Å². The minimum atomic E-state index is 0.0830. The highest BCUT2D eigenvalue weighted by molar-refractivity contribution is 7.99. The number of tetrazole rings is 1. The molecule has 1 saturated carbocycles. The Bertz CT molecular complexity index is 767. The maximum absolute atomic E-state index is 13.0. The molecule has 7 heteroatoms. The standard InChI is InChI=1S/C19H27N5OS/c1-13(2)23(17-11-14(3)9-10-15(17)4)18(25)12-26-19-20-21-22-24(19)16-7-5-6-8-16/h9-11,13,16H,5-8,12H2,1-4H3. The van der Waals surface area contributed by atoms with Gasteiger partial charge in [0.15, 0.2) is 0 Å². The summed E-state index contributed by atoms with van der Waals surface area (Å²) in [6.07, 6.45) is 4.68. The number of rotatable bonds is 6. The average Bonchev–Trinajstić information content (AvgIpc) is 3.26. The van der Waals surface area contributed by atoms with Crippen LogP contribution in [0, 0.1) is 13.8 Å². The lowest BCUT2D eigenvalue weighted by Gasteiger charge is -2.28. The van der Waals surface area contributed by atoms with E-state index in [2.05, 4.69) is 40.6 Å². The summed E-state index contributed by atoms with van der Waals surface area (Å²) in [4.78, 5) is 14.9. The third kappa shape index (κ3) is 4.09. The summed E-state index contributed by atoms with van der Waals surface area (Å²) in [5, 5.41) is 12.9. The van der Waals surface area contributed by atoms with E-state index in [0.717, 1.165) is 34.8 Å². The highest BCUT2D eigenvalue weighted by Gasteiger charge is 2.24. The molecule has 0 saturated heterocycles. The van der Waals surface area contributed by atoms with Crippen LogP contribution in [0.15, 0.2) is 23.4 Å². The Morgan fingerprint density at radius 3 is 2.73 bits per heavy atom. The molecule has 1 aliphatic rings. The van der Waals surface area contributed by atoms with Crippen molar-refractivity contribution in [2.75, 3.05) is 10.7 Å². The van der Waals surface area contributed by atoms with E-state index >= 15 is 0 Å². The van der Waals surface area contributed by atoms with Crippen molar-refractivity contribution in [1.29, 1.82) is 0 Å². The molecule has 0 unspecified atom stereocenters. The zero-order chi connectivity index (χ0) is 18.7. The van der Waals surface area contributed by atoms with Crippen LogP contribution in [0.25, 0.3) is 0 Å². The molecule has 1 amide bonds. The van der Waals surface area contributed by atoms with Crippen LogP contribution in [0.3, 0.4) is 0 Å². The maximum atomic E-state index is 13.0.